The van der Waals surface area contributed by atoms with Gasteiger partial charge in [-0.05, 0) is 57.2 Å². The smallest absolute Gasteiger partial charge is 0.0503 e. The zero-order valence-electron chi connectivity index (χ0n) is 11.5. The molecule has 0 aromatic rings. The van der Waals surface area contributed by atoms with Crippen molar-refractivity contribution in [2.45, 2.75) is 38.6 Å². The Morgan fingerprint density at radius 2 is 2.18 bits per heavy atom. The number of nitrogens with one attached hydrogen (secondary N) is 1. The maximum absolute atomic E-state index is 5.27. The van der Waals surface area contributed by atoms with Crippen molar-refractivity contribution in [2.75, 3.05) is 39.9 Å². The van der Waals surface area contributed by atoms with Crippen LogP contribution in [0.15, 0.2) is 0 Å². The molecule has 1 N–H and O–H groups in total. The van der Waals surface area contributed by atoms with Crippen molar-refractivity contribution in [3.8, 4) is 0 Å². The van der Waals surface area contributed by atoms with Gasteiger partial charge in [-0.2, -0.15) is 0 Å². The van der Waals surface area contributed by atoms with E-state index in [1.54, 1.807) is 0 Å². The number of hydrogen-bond acceptors (Lipinski definition) is 3. The number of hydrogen-bond donors (Lipinski definition) is 1. The highest BCUT2D eigenvalue weighted by Crippen LogP contribution is 2.34. The summed E-state index contributed by atoms with van der Waals surface area (Å²) >= 11 is 0. The molecule has 3 unspecified atom stereocenters. The fourth-order valence-corrected chi connectivity index (χ4v) is 3.27. The van der Waals surface area contributed by atoms with Gasteiger partial charge in [-0.3, -0.25) is 4.90 Å². The van der Waals surface area contributed by atoms with Crippen LogP contribution in [-0.4, -0.2) is 50.8 Å². The molecule has 1 saturated heterocycles. The Morgan fingerprint density at radius 1 is 1.29 bits per heavy atom. The monoisotopic (exact) mass is 240 g/mol. The molecule has 0 bridgehead atoms. The molecule has 1 heterocycles. The summed E-state index contributed by atoms with van der Waals surface area (Å²) in [4.78, 5) is 2.71. The highest BCUT2D eigenvalue weighted by Gasteiger charge is 2.38. The van der Waals surface area contributed by atoms with E-state index in [-0.39, 0.29) is 0 Å². The summed E-state index contributed by atoms with van der Waals surface area (Å²) in [7, 11) is 1.82. The lowest BCUT2D eigenvalue weighted by Crippen LogP contribution is -2.49. The first-order valence-corrected chi connectivity index (χ1v) is 7.28. The Balaban J connectivity index is 1.68. The summed E-state index contributed by atoms with van der Waals surface area (Å²) < 4.78 is 5.27. The van der Waals surface area contributed by atoms with E-state index in [0.717, 1.165) is 24.5 Å². The van der Waals surface area contributed by atoms with Crippen molar-refractivity contribution < 1.29 is 4.74 Å². The fraction of sp³-hybridized carbons (Fsp3) is 1.00. The lowest BCUT2D eigenvalue weighted by molar-refractivity contribution is 0.0726. The highest BCUT2D eigenvalue weighted by atomic mass is 16.5. The molecular formula is C14H28N2O. The Bertz CT molecular complexity index is 222. The molecule has 1 aliphatic carbocycles. The minimum atomic E-state index is 0.782. The summed E-state index contributed by atoms with van der Waals surface area (Å²) in [5.41, 5.74) is 0. The van der Waals surface area contributed by atoms with Crippen LogP contribution in [0.5, 0.6) is 0 Å². The third-order valence-electron chi connectivity index (χ3n) is 4.40. The molecule has 2 aliphatic rings. The number of ether oxygens (including phenoxy) is 1. The van der Waals surface area contributed by atoms with Gasteiger partial charge in [0.25, 0.3) is 0 Å². The van der Waals surface area contributed by atoms with Crippen LogP contribution in [0.4, 0.5) is 0 Å². The molecule has 0 radical (unpaired) electrons. The first-order valence-electron chi connectivity index (χ1n) is 7.28. The van der Waals surface area contributed by atoms with Crippen LogP contribution in [0.2, 0.25) is 0 Å². The van der Waals surface area contributed by atoms with Gasteiger partial charge in [0.05, 0.1) is 6.61 Å². The second-order valence-electron chi connectivity index (χ2n) is 5.71. The van der Waals surface area contributed by atoms with Crippen molar-refractivity contribution in [1.82, 2.24) is 10.2 Å². The standard InChI is InChI=1S/C14H28N2O/c1-3-7-15-9-13-4-5-14(13)16-8-6-12(10-16)11-17-2/h12-15H,3-11H2,1-2H3. The Labute approximate surface area is 106 Å². The molecule has 3 atom stereocenters. The molecule has 2 rings (SSSR count). The van der Waals surface area contributed by atoms with Crippen LogP contribution < -0.4 is 5.32 Å². The molecule has 100 valence electrons. The van der Waals surface area contributed by atoms with Gasteiger partial charge in [-0.1, -0.05) is 6.92 Å². The fourth-order valence-electron chi connectivity index (χ4n) is 3.27. The third kappa shape index (κ3) is 3.43. The van der Waals surface area contributed by atoms with Crippen molar-refractivity contribution in [1.29, 1.82) is 0 Å². The first-order chi connectivity index (χ1) is 8.35. The summed E-state index contributed by atoms with van der Waals surface area (Å²) in [6.07, 6.45) is 5.42. The quantitative estimate of drug-likeness (QED) is 0.686. The van der Waals surface area contributed by atoms with Crippen LogP contribution in [0, 0.1) is 11.8 Å². The second-order valence-corrected chi connectivity index (χ2v) is 5.71. The van der Waals surface area contributed by atoms with E-state index in [1.165, 1.54) is 51.9 Å². The zero-order chi connectivity index (χ0) is 12.1. The van der Waals surface area contributed by atoms with Crippen molar-refractivity contribution in [3.05, 3.63) is 0 Å². The molecule has 1 aliphatic heterocycles. The molecule has 1 saturated carbocycles. The minimum Gasteiger partial charge on any atom is -0.384 e. The van der Waals surface area contributed by atoms with E-state index in [1.807, 2.05) is 7.11 Å². The van der Waals surface area contributed by atoms with Crippen LogP contribution in [0.3, 0.4) is 0 Å². The predicted molar refractivity (Wildman–Crippen MR) is 71.2 cm³/mol. The highest BCUT2D eigenvalue weighted by molar-refractivity contribution is 4.93. The third-order valence-corrected chi connectivity index (χ3v) is 4.40. The number of likely N-dealkylation sites (tertiary alicyclic amines) is 1. The molecular weight excluding hydrogens is 212 g/mol. The van der Waals surface area contributed by atoms with E-state index in [2.05, 4.69) is 17.1 Å². The molecule has 3 nitrogen and oxygen atoms in total. The van der Waals surface area contributed by atoms with Crippen LogP contribution >= 0.6 is 0 Å². The Morgan fingerprint density at radius 3 is 2.82 bits per heavy atom. The van der Waals surface area contributed by atoms with E-state index in [9.17, 15) is 0 Å². The van der Waals surface area contributed by atoms with Crippen molar-refractivity contribution in [3.63, 3.8) is 0 Å². The summed E-state index contributed by atoms with van der Waals surface area (Å²) in [6, 6.07) is 0.862. The van der Waals surface area contributed by atoms with Crippen molar-refractivity contribution in [2.24, 2.45) is 11.8 Å². The van der Waals surface area contributed by atoms with E-state index >= 15 is 0 Å². The van der Waals surface area contributed by atoms with E-state index in [4.69, 9.17) is 4.74 Å². The number of rotatable bonds is 7. The number of nitrogens with zero attached hydrogens (tertiary/aromatic N) is 1. The predicted octanol–water partition coefficient (Wildman–Crippen LogP) is 1.73. The maximum Gasteiger partial charge on any atom is 0.0503 e. The van der Waals surface area contributed by atoms with Gasteiger partial charge in [-0.25, -0.2) is 0 Å². The molecule has 0 aromatic carbocycles. The molecule has 2 fully saturated rings. The normalized spacial score (nSPS) is 33.9. The van der Waals surface area contributed by atoms with Gasteiger partial charge in [0.15, 0.2) is 0 Å². The second kappa shape index (κ2) is 6.72. The molecule has 0 spiro atoms. The van der Waals surface area contributed by atoms with Gasteiger partial charge in [-0.15, -0.1) is 0 Å². The average Bonchev–Trinajstić information content (AvgIpc) is 2.72. The summed E-state index contributed by atoms with van der Waals surface area (Å²) in [5.74, 6) is 1.69. The largest absolute Gasteiger partial charge is 0.384 e. The van der Waals surface area contributed by atoms with Gasteiger partial charge >= 0.3 is 0 Å². The molecule has 0 aromatic heterocycles. The number of methoxy groups -OCH3 is 1. The van der Waals surface area contributed by atoms with Crippen molar-refractivity contribution >= 4 is 0 Å². The molecule has 3 heteroatoms. The van der Waals surface area contributed by atoms with Crippen LogP contribution in [0.1, 0.15) is 32.6 Å². The van der Waals surface area contributed by atoms with Gasteiger partial charge in [0, 0.05) is 19.7 Å². The van der Waals surface area contributed by atoms with E-state index < -0.39 is 0 Å². The molecule has 17 heavy (non-hydrogen) atoms. The summed E-state index contributed by atoms with van der Waals surface area (Å²) in [5, 5.41) is 3.58. The lowest BCUT2D eigenvalue weighted by atomic mass is 9.78. The summed E-state index contributed by atoms with van der Waals surface area (Å²) in [6.45, 7) is 8.15. The van der Waals surface area contributed by atoms with E-state index in [0.29, 0.717) is 0 Å². The molecule has 0 amide bonds. The average molecular weight is 240 g/mol. The Hall–Kier alpha value is -0.120. The van der Waals surface area contributed by atoms with Crippen LogP contribution in [0.25, 0.3) is 0 Å². The first kappa shape index (κ1) is 13.3. The Kier molecular flexibility index (Phi) is 5.26. The SMILES string of the molecule is CCCNCC1CCC1N1CCC(COC)C1. The van der Waals surface area contributed by atoms with Gasteiger partial charge in [0.2, 0.25) is 0 Å². The zero-order valence-corrected chi connectivity index (χ0v) is 11.5. The minimum absolute atomic E-state index is 0.782. The van der Waals surface area contributed by atoms with Gasteiger partial charge < -0.3 is 10.1 Å². The lowest BCUT2D eigenvalue weighted by Gasteiger charge is -2.43. The van der Waals surface area contributed by atoms with Gasteiger partial charge in [0.1, 0.15) is 0 Å². The topological polar surface area (TPSA) is 24.5 Å². The van der Waals surface area contributed by atoms with Crippen LogP contribution in [-0.2, 0) is 4.74 Å². The maximum atomic E-state index is 5.27.